The van der Waals surface area contributed by atoms with Crippen molar-refractivity contribution in [2.45, 2.75) is 59.3 Å². The molecule has 0 aliphatic heterocycles. The Morgan fingerprint density at radius 1 is 1.11 bits per heavy atom. The van der Waals surface area contributed by atoms with Crippen molar-refractivity contribution in [3.05, 3.63) is 98.2 Å². The molecule has 0 aliphatic rings. The number of hydrogen-bond acceptors (Lipinski definition) is 6. The lowest BCUT2D eigenvalue weighted by molar-refractivity contribution is -0.189. The average Bonchev–Trinajstić information content (AvgIpc) is 3.29. The van der Waals surface area contributed by atoms with E-state index in [9.17, 15) is 27.6 Å². The van der Waals surface area contributed by atoms with Gasteiger partial charge in [-0.1, -0.05) is 68.3 Å². The van der Waals surface area contributed by atoms with E-state index in [2.05, 4.69) is 5.10 Å². The lowest BCUT2D eigenvalue weighted by Gasteiger charge is -2.37. The number of ether oxygens (including phenoxy) is 1. The lowest BCUT2D eigenvalue weighted by atomic mass is 9.92. The topological polar surface area (TPSA) is 112 Å². The number of aryl methyl sites for hydroxylation is 2. The van der Waals surface area contributed by atoms with Crippen molar-refractivity contribution >= 4 is 29.0 Å². The van der Waals surface area contributed by atoms with Gasteiger partial charge in [-0.05, 0) is 62.1 Å². The lowest BCUT2D eigenvalue weighted by Crippen LogP contribution is -2.43. The molecule has 2 aromatic carbocycles. The van der Waals surface area contributed by atoms with Crippen molar-refractivity contribution < 1.29 is 27.5 Å². The summed E-state index contributed by atoms with van der Waals surface area (Å²) < 4.78 is 47.0. The van der Waals surface area contributed by atoms with E-state index in [4.69, 9.17) is 22.1 Å². The molecule has 2 atom stereocenters. The molecule has 2 unspecified atom stereocenters. The SMILES string of the molecule is CCC(C)C(c1cc2c(Cl)c(C)nn2c(=O)n1Cc1ccccc1)N(CCCN)C(=O)c1ccc(C)cc1OC(=O)C(F)(F)F. The van der Waals surface area contributed by atoms with Crippen LogP contribution in [0, 0.1) is 19.8 Å². The van der Waals surface area contributed by atoms with Gasteiger partial charge < -0.3 is 15.4 Å². The fourth-order valence-electron chi connectivity index (χ4n) is 5.22. The summed E-state index contributed by atoms with van der Waals surface area (Å²) in [5.74, 6) is -3.91. The van der Waals surface area contributed by atoms with Gasteiger partial charge in [-0.25, -0.2) is 9.59 Å². The maximum absolute atomic E-state index is 14.4. The number of aromatic nitrogens is 3. The van der Waals surface area contributed by atoms with Gasteiger partial charge >= 0.3 is 17.8 Å². The van der Waals surface area contributed by atoms with Crippen LogP contribution in [0.25, 0.3) is 5.52 Å². The van der Waals surface area contributed by atoms with E-state index < -0.39 is 35.5 Å². The number of rotatable bonds is 11. The first-order valence-electron chi connectivity index (χ1n) is 14.5. The molecule has 240 valence electrons. The Morgan fingerprint density at radius 2 is 1.80 bits per heavy atom. The summed E-state index contributed by atoms with van der Waals surface area (Å²) in [5, 5.41) is 4.62. The average molecular weight is 646 g/mol. The van der Waals surface area contributed by atoms with Gasteiger partial charge in [0.25, 0.3) is 5.91 Å². The first kappa shape index (κ1) is 33.7. The van der Waals surface area contributed by atoms with Crippen LogP contribution in [0.4, 0.5) is 13.2 Å². The van der Waals surface area contributed by atoms with Crippen LogP contribution in [0.5, 0.6) is 5.75 Å². The molecular formula is C32H35ClF3N5O4. The highest BCUT2D eigenvalue weighted by atomic mass is 35.5. The van der Waals surface area contributed by atoms with E-state index in [1.54, 1.807) is 26.0 Å². The van der Waals surface area contributed by atoms with Crippen LogP contribution in [0.1, 0.15) is 65.6 Å². The number of alkyl halides is 3. The zero-order valence-corrected chi connectivity index (χ0v) is 26.2. The zero-order chi connectivity index (χ0) is 33.1. The molecule has 0 aliphatic carbocycles. The van der Waals surface area contributed by atoms with E-state index in [1.165, 1.54) is 26.1 Å². The third-order valence-electron chi connectivity index (χ3n) is 7.70. The quantitative estimate of drug-likeness (QED) is 0.162. The molecule has 0 saturated heterocycles. The number of fused-ring (bicyclic) bond motifs is 1. The van der Waals surface area contributed by atoms with Crippen molar-refractivity contribution in [1.29, 1.82) is 0 Å². The molecule has 2 heterocycles. The summed E-state index contributed by atoms with van der Waals surface area (Å²) in [6, 6.07) is 14.3. The van der Waals surface area contributed by atoms with Crippen LogP contribution in [-0.4, -0.2) is 50.2 Å². The third-order valence-corrected chi connectivity index (χ3v) is 8.17. The highest BCUT2D eigenvalue weighted by Crippen LogP contribution is 2.36. The van der Waals surface area contributed by atoms with Gasteiger partial charge in [0.1, 0.15) is 5.75 Å². The van der Waals surface area contributed by atoms with E-state index in [0.29, 0.717) is 35.3 Å². The van der Waals surface area contributed by atoms with Gasteiger partial charge in [-0.2, -0.15) is 22.8 Å². The van der Waals surface area contributed by atoms with E-state index in [0.717, 1.165) is 5.56 Å². The molecule has 45 heavy (non-hydrogen) atoms. The van der Waals surface area contributed by atoms with E-state index >= 15 is 0 Å². The van der Waals surface area contributed by atoms with Crippen molar-refractivity contribution in [2.24, 2.45) is 11.7 Å². The molecule has 1 amide bonds. The minimum atomic E-state index is -5.27. The molecule has 0 saturated carbocycles. The number of carbonyl (C=O) groups excluding carboxylic acids is 2. The number of hydrogen-bond donors (Lipinski definition) is 1. The number of carbonyl (C=O) groups is 2. The number of amides is 1. The van der Waals surface area contributed by atoms with Crippen molar-refractivity contribution in [3.63, 3.8) is 0 Å². The Labute approximate surface area is 263 Å². The van der Waals surface area contributed by atoms with Crippen LogP contribution < -0.4 is 16.2 Å². The smallest absolute Gasteiger partial charge is 0.419 e. The Morgan fingerprint density at radius 3 is 2.42 bits per heavy atom. The molecule has 0 spiro atoms. The summed E-state index contributed by atoms with van der Waals surface area (Å²) in [7, 11) is 0. The standard InChI is InChI=1S/C32H35ClF3N5O4/c1-5-20(3)28(25-17-24-27(33)21(4)38-41(24)31(44)40(25)18-22-10-7-6-8-11-22)39(15-9-14-37)29(42)23-13-12-19(2)16-26(23)45-30(43)32(34,35)36/h6-8,10-13,16-17,20,28H,5,9,14-15,18,37H2,1-4H3. The Bertz CT molecular complexity index is 1750. The Balaban J connectivity index is 1.96. The Kier molecular flexibility index (Phi) is 10.4. The molecule has 0 bridgehead atoms. The molecule has 2 N–H and O–H groups in total. The van der Waals surface area contributed by atoms with Crippen LogP contribution in [0.2, 0.25) is 5.02 Å². The van der Waals surface area contributed by atoms with Crippen molar-refractivity contribution in [3.8, 4) is 5.75 Å². The molecule has 9 nitrogen and oxygen atoms in total. The van der Waals surface area contributed by atoms with Gasteiger partial charge in [0.15, 0.2) is 0 Å². The Hall–Kier alpha value is -4.16. The third kappa shape index (κ3) is 7.23. The molecule has 2 aromatic heterocycles. The normalized spacial score (nSPS) is 13.1. The number of esters is 1. The maximum Gasteiger partial charge on any atom is 0.491 e. The summed E-state index contributed by atoms with van der Waals surface area (Å²) >= 11 is 6.59. The predicted octanol–water partition coefficient (Wildman–Crippen LogP) is 5.86. The molecule has 0 radical (unpaired) electrons. The van der Waals surface area contributed by atoms with Gasteiger partial charge in [0, 0.05) is 12.2 Å². The zero-order valence-electron chi connectivity index (χ0n) is 25.4. The molecule has 13 heteroatoms. The van der Waals surface area contributed by atoms with Crippen LogP contribution >= 0.6 is 11.6 Å². The summed E-state index contributed by atoms with van der Waals surface area (Å²) in [5.41, 5.74) is 7.71. The predicted molar refractivity (Wildman–Crippen MR) is 165 cm³/mol. The van der Waals surface area contributed by atoms with Gasteiger partial charge in [-0.3, -0.25) is 9.36 Å². The maximum atomic E-state index is 14.4. The molecule has 4 rings (SSSR count). The summed E-state index contributed by atoms with van der Waals surface area (Å²) in [4.78, 5) is 41.8. The van der Waals surface area contributed by atoms with Crippen LogP contribution in [-0.2, 0) is 11.3 Å². The molecule has 0 fully saturated rings. The van der Waals surface area contributed by atoms with Gasteiger partial charge in [0.2, 0.25) is 0 Å². The highest BCUT2D eigenvalue weighted by Gasteiger charge is 2.42. The minimum absolute atomic E-state index is 0.0988. The van der Waals surface area contributed by atoms with E-state index in [1.807, 2.05) is 44.2 Å². The number of nitrogens with two attached hydrogens (primary N) is 1. The fourth-order valence-corrected chi connectivity index (χ4v) is 5.39. The highest BCUT2D eigenvalue weighted by molar-refractivity contribution is 6.34. The number of benzene rings is 2. The summed E-state index contributed by atoms with van der Waals surface area (Å²) in [6.07, 6.45) is -4.36. The molecule has 4 aromatic rings. The molecular weight excluding hydrogens is 611 g/mol. The second-order valence-electron chi connectivity index (χ2n) is 11.0. The monoisotopic (exact) mass is 645 g/mol. The second-order valence-corrected chi connectivity index (χ2v) is 11.4. The largest absolute Gasteiger partial charge is 0.491 e. The first-order chi connectivity index (χ1) is 21.3. The number of halogens is 4. The van der Waals surface area contributed by atoms with E-state index in [-0.39, 0.29) is 36.1 Å². The first-order valence-corrected chi connectivity index (χ1v) is 14.9. The van der Waals surface area contributed by atoms with Crippen molar-refractivity contribution in [2.75, 3.05) is 13.1 Å². The summed E-state index contributed by atoms with van der Waals surface area (Å²) in [6.45, 7) is 7.58. The van der Waals surface area contributed by atoms with Crippen LogP contribution in [0.3, 0.4) is 0 Å². The van der Waals surface area contributed by atoms with Gasteiger partial charge in [0.05, 0.1) is 34.4 Å². The fraction of sp³-hybridized carbons (Fsp3) is 0.375. The van der Waals surface area contributed by atoms with Crippen molar-refractivity contribution in [1.82, 2.24) is 19.1 Å². The second kappa shape index (κ2) is 13.9. The van der Waals surface area contributed by atoms with Crippen LogP contribution in [0.15, 0.2) is 59.4 Å². The number of nitrogens with zero attached hydrogens (tertiary/aromatic N) is 4. The van der Waals surface area contributed by atoms with Gasteiger partial charge in [-0.15, -0.1) is 0 Å². The minimum Gasteiger partial charge on any atom is -0.419 e.